The maximum atomic E-state index is 5.43. The summed E-state index contributed by atoms with van der Waals surface area (Å²) >= 11 is 0. The predicted octanol–water partition coefficient (Wildman–Crippen LogP) is 2.16. The van der Waals surface area contributed by atoms with E-state index < -0.39 is 0 Å². The molecule has 0 radical (unpaired) electrons. The van der Waals surface area contributed by atoms with Gasteiger partial charge in [0.25, 0.3) is 0 Å². The Hall–Kier alpha value is -2.47. The van der Waals surface area contributed by atoms with Crippen LogP contribution in [0.15, 0.2) is 39.5 Å². The van der Waals surface area contributed by atoms with E-state index in [1.165, 1.54) is 0 Å². The largest absolute Gasteiger partial charge is 0.444 e. The Balaban J connectivity index is 1.90. The van der Waals surface area contributed by atoms with Crippen molar-refractivity contribution >= 4 is 0 Å². The maximum absolute atomic E-state index is 5.43. The molecule has 0 atom stereocenters. The van der Waals surface area contributed by atoms with Gasteiger partial charge in [-0.2, -0.15) is 4.98 Å². The molecule has 3 aromatic rings. The second-order valence-electron chi connectivity index (χ2n) is 4.09. The lowest BCUT2D eigenvalue weighted by atomic mass is 10.1. The predicted molar refractivity (Wildman–Crippen MR) is 67.9 cm³/mol. The fourth-order valence-corrected chi connectivity index (χ4v) is 1.70. The summed E-state index contributed by atoms with van der Waals surface area (Å²) in [6, 6.07) is 7.58. The first kappa shape index (κ1) is 11.6. The summed E-state index contributed by atoms with van der Waals surface area (Å²) in [5.41, 5.74) is 8.04. The van der Waals surface area contributed by atoms with Crippen molar-refractivity contribution in [2.75, 3.05) is 0 Å². The van der Waals surface area contributed by atoms with Crippen molar-refractivity contribution < 1.29 is 8.94 Å². The van der Waals surface area contributed by atoms with Gasteiger partial charge >= 0.3 is 0 Å². The molecule has 0 amide bonds. The topological polar surface area (TPSA) is 91.0 Å². The number of rotatable bonds is 3. The van der Waals surface area contributed by atoms with Crippen LogP contribution < -0.4 is 5.73 Å². The van der Waals surface area contributed by atoms with Crippen LogP contribution in [0.1, 0.15) is 11.6 Å². The number of benzene rings is 1. The van der Waals surface area contributed by atoms with Gasteiger partial charge in [-0.05, 0) is 19.1 Å². The minimum absolute atomic E-state index is 0.237. The Labute approximate surface area is 109 Å². The Kier molecular flexibility index (Phi) is 2.85. The molecular weight excluding hydrogens is 244 g/mol. The van der Waals surface area contributed by atoms with Crippen LogP contribution in [0.3, 0.4) is 0 Å². The number of aryl methyl sites for hydroxylation is 1. The van der Waals surface area contributed by atoms with Crippen LogP contribution in [0.2, 0.25) is 0 Å². The van der Waals surface area contributed by atoms with Crippen molar-refractivity contribution in [3.05, 3.63) is 42.1 Å². The minimum atomic E-state index is 0.237. The molecule has 1 aromatic carbocycles. The van der Waals surface area contributed by atoms with E-state index in [4.69, 9.17) is 14.7 Å². The molecule has 3 rings (SSSR count). The zero-order valence-electron chi connectivity index (χ0n) is 10.3. The first-order valence-electron chi connectivity index (χ1n) is 5.82. The van der Waals surface area contributed by atoms with Crippen molar-refractivity contribution in [3.63, 3.8) is 0 Å². The summed E-state index contributed by atoms with van der Waals surface area (Å²) in [5, 5.41) is 3.86. The Bertz CT molecular complexity index is 685. The van der Waals surface area contributed by atoms with Gasteiger partial charge in [-0.15, -0.1) is 0 Å². The van der Waals surface area contributed by atoms with Gasteiger partial charge in [-0.25, -0.2) is 4.98 Å². The van der Waals surface area contributed by atoms with Gasteiger partial charge in [0.15, 0.2) is 0 Å². The second kappa shape index (κ2) is 4.66. The van der Waals surface area contributed by atoms with E-state index >= 15 is 0 Å². The molecule has 0 spiro atoms. The highest BCUT2D eigenvalue weighted by atomic mass is 16.5. The molecule has 0 aliphatic rings. The van der Waals surface area contributed by atoms with Gasteiger partial charge in [0.1, 0.15) is 6.26 Å². The molecule has 2 heterocycles. The standard InChI is InChI=1S/C13H12N4O2/c1-8-7-18-13(15-8)10-4-2-9(3-5-10)12-16-11(6-14)19-17-12/h2-5,7H,6,14H2,1H3. The maximum Gasteiger partial charge on any atom is 0.240 e. The molecule has 0 aliphatic heterocycles. The van der Waals surface area contributed by atoms with Crippen molar-refractivity contribution in [1.29, 1.82) is 0 Å². The van der Waals surface area contributed by atoms with Crippen molar-refractivity contribution in [3.8, 4) is 22.8 Å². The van der Waals surface area contributed by atoms with E-state index in [0.717, 1.165) is 16.8 Å². The quantitative estimate of drug-likeness (QED) is 0.772. The van der Waals surface area contributed by atoms with Crippen molar-refractivity contribution in [1.82, 2.24) is 15.1 Å². The van der Waals surface area contributed by atoms with Crippen molar-refractivity contribution in [2.45, 2.75) is 13.5 Å². The molecule has 6 nitrogen and oxygen atoms in total. The van der Waals surface area contributed by atoms with E-state index in [0.29, 0.717) is 17.6 Å². The van der Waals surface area contributed by atoms with Gasteiger partial charge in [0.2, 0.25) is 17.6 Å². The lowest BCUT2D eigenvalue weighted by Crippen LogP contribution is -1.95. The van der Waals surface area contributed by atoms with E-state index in [1.54, 1.807) is 6.26 Å². The normalized spacial score (nSPS) is 10.8. The first-order chi connectivity index (χ1) is 9.26. The van der Waals surface area contributed by atoms with Crippen LogP contribution in [-0.2, 0) is 6.54 Å². The highest BCUT2D eigenvalue weighted by Gasteiger charge is 2.09. The second-order valence-corrected chi connectivity index (χ2v) is 4.09. The molecule has 0 bridgehead atoms. The SMILES string of the molecule is Cc1coc(-c2ccc(-c3noc(CN)n3)cc2)n1. The van der Waals surface area contributed by atoms with Gasteiger partial charge < -0.3 is 14.7 Å². The molecule has 0 fully saturated rings. The van der Waals surface area contributed by atoms with Crippen molar-refractivity contribution in [2.24, 2.45) is 5.73 Å². The highest BCUT2D eigenvalue weighted by Crippen LogP contribution is 2.22. The number of aromatic nitrogens is 3. The third kappa shape index (κ3) is 2.25. The van der Waals surface area contributed by atoms with Gasteiger partial charge in [-0.1, -0.05) is 17.3 Å². The summed E-state index contributed by atoms with van der Waals surface area (Å²) in [4.78, 5) is 8.43. The van der Waals surface area contributed by atoms with E-state index in [9.17, 15) is 0 Å². The summed E-state index contributed by atoms with van der Waals surface area (Å²) < 4.78 is 10.3. The van der Waals surface area contributed by atoms with E-state index in [2.05, 4.69) is 15.1 Å². The molecule has 96 valence electrons. The molecule has 0 unspecified atom stereocenters. The fourth-order valence-electron chi connectivity index (χ4n) is 1.70. The molecule has 0 saturated carbocycles. The Morgan fingerprint density at radius 2 is 1.84 bits per heavy atom. The molecule has 19 heavy (non-hydrogen) atoms. The van der Waals surface area contributed by atoms with E-state index in [1.807, 2.05) is 31.2 Å². The minimum Gasteiger partial charge on any atom is -0.444 e. The molecule has 0 saturated heterocycles. The van der Waals surface area contributed by atoms with Crippen LogP contribution in [-0.4, -0.2) is 15.1 Å². The smallest absolute Gasteiger partial charge is 0.240 e. The Morgan fingerprint density at radius 1 is 1.11 bits per heavy atom. The lowest BCUT2D eigenvalue weighted by molar-refractivity contribution is 0.380. The van der Waals surface area contributed by atoms with Crippen LogP contribution in [0, 0.1) is 6.92 Å². The molecule has 2 N–H and O–H groups in total. The average molecular weight is 256 g/mol. The van der Waals surface area contributed by atoms with Gasteiger partial charge in [-0.3, -0.25) is 0 Å². The number of nitrogens with two attached hydrogens (primary N) is 1. The number of oxazole rings is 1. The summed E-state index contributed by atoms with van der Waals surface area (Å²) in [5.74, 6) is 1.54. The van der Waals surface area contributed by atoms with Crippen LogP contribution in [0.4, 0.5) is 0 Å². The zero-order chi connectivity index (χ0) is 13.2. The highest BCUT2D eigenvalue weighted by molar-refractivity contribution is 5.62. The monoisotopic (exact) mass is 256 g/mol. The van der Waals surface area contributed by atoms with E-state index in [-0.39, 0.29) is 6.54 Å². The Morgan fingerprint density at radius 3 is 2.42 bits per heavy atom. The van der Waals surface area contributed by atoms with Crippen LogP contribution in [0.25, 0.3) is 22.8 Å². The van der Waals surface area contributed by atoms with Gasteiger partial charge in [0.05, 0.1) is 12.2 Å². The number of nitrogens with zero attached hydrogens (tertiary/aromatic N) is 3. The fraction of sp³-hybridized carbons (Fsp3) is 0.154. The van der Waals surface area contributed by atoms with Crippen LogP contribution >= 0.6 is 0 Å². The zero-order valence-corrected chi connectivity index (χ0v) is 10.3. The average Bonchev–Trinajstić information content (AvgIpc) is 3.07. The molecular formula is C13H12N4O2. The molecule has 2 aromatic heterocycles. The lowest BCUT2D eigenvalue weighted by Gasteiger charge is -1.97. The first-order valence-corrected chi connectivity index (χ1v) is 5.82. The number of hydrogen-bond donors (Lipinski definition) is 1. The molecule has 6 heteroatoms. The third-order valence-electron chi connectivity index (χ3n) is 2.65. The molecule has 0 aliphatic carbocycles. The number of hydrogen-bond acceptors (Lipinski definition) is 6. The third-order valence-corrected chi connectivity index (χ3v) is 2.65. The van der Waals surface area contributed by atoms with Gasteiger partial charge in [0, 0.05) is 11.1 Å². The summed E-state index contributed by atoms with van der Waals surface area (Å²) in [7, 11) is 0. The summed E-state index contributed by atoms with van der Waals surface area (Å²) in [6.45, 7) is 2.12. The summed E-state index contributed by atoms with van der Waals surface area (Å²) in [6.07, 6.45) is 1.62. The van der Waals surface area contributed by atoms with Crippen LogP contribution in [0.5, 0.6) is 0 Å².